The summed E-state index contributed by atoms with van der Waals surface area (Å²) in [6.07, 6.45) is -1.62. The predicted octanol–water partition coefficient (Wildman–Crippen LogP) is 5.59. The molecule has 1 heterocycles. The van der Waals surface area contributed by atoms with Crippen molar-refractivity contribution < 1.29 is 18.3 Å². The summed E-state index contributed by atoms with van der Waals surface area (Å²) in [7, 11) is 2.98. The lowest BCUT2D eigenvalue weighted by molar-refractivity contribution is 0.101. The van der Waals surface area contributed by atoms with Crippen LogP contribution in [0.2, 0.25) is 10.0 Å². The number of rotatable bonds is 5. The lowest BCUT2D eigenvalue weighted by Crippen LogP contribution is -2.14. The fourth-order valence-corrected chi connectivity index (χ4v) is 2.99. The second-order valence-electron chi connectivity index (χ2n) is 5.90. The Morgan fingerprint density at radius 1 is 1.18 bits per heavy atom. The maximum atomic E-state index is 13.2. The molecular formula is C19H15Cl2F2N3O2. The maximum Gasteiger partial charge on any atom is 0.282 e. The minimum atomic E-state index is -2.87. The number of alkyl halides is 2. The zero-order valence-corrected chi connectivity index (χ0v) is 16.4. The summed E-state index contributed by atoms with van der Waals surface area (Å²) in [6, 6.07) is 9.96. The summed E-state index contributed by atoms with van der Waals surface area (Å²) in [5, 5.41) is 7.04. The largest absolute Gasteiger partial charge is 0.497 e. The monoisotopic (exact) mass is 425 g/mol. The minimum Gasteiger partial charge on any atom is -0.497 e. The molecule has 146 valence electrons. The first-order chi connectivity index (χ1) is 13.3. The van der Waals surface area contributed by atoms with Gasteiger partial charge >= 0.3 is 0 Å². The van der Waals surface area contributed by atoms with E-state index >= 15 is 0 Å². The van der Waals surface area contributed by atoms with E-state index in [0.717, 1.165) is 0 Å². The average molecular weight is 426 g/mol. The Morgan fingerprint density at radius 3 is 2.57 bits per heavy atom. The predicted molar refractivity (Wildman–Crippen MR) is 105 cm³/mol. The van der Waals surface area contributed by atoms with Gasteiger partial charge in [0.15, 0.2) is 0 Å². The molecule has 0 bridgehead atoms. The summed E-state index contributed by atoms with van der Waals surface area (Å²) in [5.74, 6) is -0.149. The number of aromatic nitrogens is 2. The van der Waals surface area contributed by atoms with Gasteiger partial charge in [0.05, 0.1) is 22.7 Å². The van der Waals surface area contributed by atoms with Crippen LogP contribution in [-0.4, -0.2) is 22.8 Å². The van der Waals surface area contributed by atoms with Crippen molar-refractivity contribution in [3.8, 4) is 16.9 Å². The number of methoxy groups -OCH3 is 1. The number of halogens is 4. The van der Waals surface area contributed by atoms with Gasteiger partial charge in [-0.05, 0) is 35.9 Å². The fraction of sp³-hybridized carbons (Fsp3) is 0.158. The van der Waals surface area contributed by atoms with Gasteiger partial charge < -0.3 is 10.1 Å². The van der Waals surface area contributed by atoms with Crippen LogP contribution in [0.25, 0.3) is 11.1 Å². The molecule has 1 aromatic heterocycles. The molecule has 1 N–H and O–H groups in total. The van der Waals surface area contributed by atoms with Gasteiger partial charge in [-0.2, -0.15) is 5.10 Å². The smallest absolute Gasteiger partial charge is 0.282 e. The first-order valence-corrected chi connectivity index (χ1v) is 8.82. The molecule has 0 saturated carbocycles. The maximum absolute atomic E-state index is 13.2. The molecular weight excluding hydrogens is 411 g/mol. The molecule has 3 aromatic rings. The van der Waals surface area contributed by atoms with E-state index in [1.807, 2.05) is 0 Å². The quantitative estimate of drug-likeness (QED) is 0.579. The van der Waals surface area contributed by atoms with Crippen LogP contribution in [0.15, 0.2) is 42.6 Å². The van der Waals surface area contributed by atoms with Crippen LogP contribution < -0.4 is 10.1 Å². The molecule has 0 unspecified atom stereocenters. The second-order valence-corrected chi connectivity index (χ2v) is 6.71. The van der Waals surface area contributed by atoms with Gasteiger partial charge in [-0.15, -0.1) is 0 Å². The van der Waals surface area contributed by atoms with Crippen LogP contribution in [-0.2, 0) is 7.05 Å². The Balaban J connectivity index is 2.02. The molecule has 28 heavy (non-hydrogen) atoms. The van der Waals surface area contributed by atoms with E-state index in [1.165, 1.54) is 25.0 Å². The number of nitrogens with zero attached hydrogens (tertiary/aromatic N) is 2. The van der Waals surface area contributed by atoms with E-state index in [2.05, 4.69) is 10.4 Å². The summed E-state index contributed by atoms with van der Waals surface area (Å²) < 4.78 is 32.7. The van der Waals surface area contributed by atoms with Gasteiger partial charge in [0, 0.05) is 24.5 Å². The highest BCUT2D eigenvalue weighted by molar-refractivity contribution is 6.42. The molecule has 0 saturated heterocycles. The second kappa shape index (κ2) is 8.16. The van der Waals surface area contributed by atoms with Gasteiger partial charge in [-0.25, -0.2) is 8.78 Å². The van der Waals surface area contributed by atoms with E-state index < -0.39 is 18.0 Å². The van der Waals surface area contributed by atoms with E-state index in [-0.39, 0.29) is 5.56 Å². The standard InChI is InChI=1S/C19H15Cl2F2N3O2/c1-26-9-13(17(25-26)18(22)23)19(27)24-16-6-4-11(28-2)8-12(16)10-3-5-14(20)15(21)7-10/h3-9,18H,1-2H3,(H,24,27). The van der Waals surface area contributed by atoms with Crippen molar-refractivity contribution in [2.75, 3.05) is 12.4 Å². The Hall–Kier alpha value is -2.64. The van der Waals surface area contributed by atoms with E-state index in [9.17, 15) is 13.6 Å². The molecule has 2 aromatic carbocycles. The minimum absolute atomic E-state index is 0.201. The summed E-state index contributed by atoms with van der Waals surface area (Å²) in [6.45, 7) is 0. The molecule has 0 aliphatic rings. The number of anilines is 1. The third kappa shape index (κ3) is 4.10. The first-order valence-electron chi connectivity index (χ1n) is 8.06. The lowest BCUT2D eigenvalue weighted by atomic mass is 10.0. The Bertz CT molecular complexity index is 1040. The van der Waals surface area contributed by atoms with Crippen molar-refractivity contribution in [1.82, 2.24) is 9.78 Å². The van der Waals surface area contributed by atoms with Crippen molar-refractivity contribution in [3.63, 3.8) is 0 Å². The zero-order chi connectivity index (χ0) is 20.4. The summed E-state index contributed by atoms with van der Waals surface area (Å²) >= 11 is 12.1. The zero-order valence-electron chi connectivity index (χ0n) is 14.8. The molecule has 1 amide bonds. The number of benzene rings is 2. The number of ether oxygens (including phenoxy) is 1. The van der Waals surface area contributed by atoms with Crippen LogP contribution in [0.3, 0.4) is 0 Å². The van der Waals surface area contributed by atoms with Crippen LogP contribution in [0.5, 0.6) is 5.75 Å². The number of hydrogen-bond donors (Lipinski definition) is 1. The fourth-order valence-electron chi connectivity index (χ4n) is 2.69. The van der Waals surface area contributed by atoms with Crippen molar-refractivity contribution in [2.45, 2.75) is 6.43 Å². The molecule has 0 fully saturated rings. The number of carbonyl (C=O) groups is 1. The Labute approximate surface area is 169 Å². The Kier molecular flexibility index (Phi) is 5.86. The van der Waals surface area contributed by atoms with E-state index in [0.29, 0.717) is 32.6 Å². The third-order valence-corrected chi connectivity index (χ3v) is 4.75. The van der Waals surface area contributed by atoms with Gasteiger partial charge in [0.1, 0.15) is 11.4 Å². The van der Waals surface area contributed by atoms with Crippen LogP contribution in [0.4, 0.5) is 14.5 Å². The number of carbonyl (C=O) groups excluding carboxylic acids is 1. The molecule has 9 heteroatoms. The molecule has 0 radical (unpaired) electrons. The SMILES string of the molecule is COc1ccc(NC(=O)c2cn(C)nc2C(F)F)c(-c2ccc(Cl)c(Cl)c2)c1. The highest BCUT2D eigenvalue weighted by Gasteiger charge is 2.23. The van der Waals surface area contributed by atoms with Crippen molar-refractivity contribution in [2.24, 2.45) is 7.05 Å². The molecule has 3 rings (SSSR count). The van der Waals surface area contributed by atoms with Gasteiger partial charge in [0.2, 0.25) is 0 Å². The third-order valence-electron chi connectivity index (χ3n) is 4.01. The van der Waals surface area contributed by atoms with Gasteiger partial charge in [-0.1, -0.05) is 29.3 Å². The van der Waals surface area contributed by atoms with Gasteiger partial charge in [0.25, 0.3) is 12.3 Å². The average Bonchev–Trinajstić information content (AvgIpc) is 3.06. The molecule has 0 aliphatic carbocycles. The lowest BCUT2D eigenvalue weighted by Gasteiger charge is -2.14. The number of nitrogens with one attached hydrogen (secondary N) is 1. The van der Waals surface area contributed by atoms with Crippen LogP contribution in [0, 0.1) is 0 Å². The molecule has 0 aliphatic heterocycles. The van der Waals surface area contributed by atoms with Crippen molar-refractivity contribution in [1.29, 1.82) is 0 Å². The normalized spacial score (nSPS) is 11.0. The van der Waals surface area contributed by atoms with Crippen molar-refractivity contribution in [3.05, 3.63) is 63.9 Å². The topological polar surface area (TPSA) is 56.1 Å². The highest BCUT2D eigenvalue weighted by Crippen LogP contribution is 2.35. The number of amides is 1. The highest BCUT2D eigenvalue weighted by atomic mass is 35.5. The first kappa shape index (κ1) is 20.1. The summed E-state index contributed by atoms with van der Waals surface area (Å²) in [4.78, 5) is 12.6. The Morgan fingerprint density at radius 2 is 1.93 bits per heavy atom. The summed E-state index contributed by atoms with van der Waals surface area (Å²) in [5.41, 5.74) is 0.879. The van der Waals surface area contributed by atoms with E-state index in [1.54, 1.807) is 36.4 Å². The molecule has 0 atom stereocenters. The van der Waals surface area contributed by atoms with Gasteiger partial charge in [-0.3, -0.25) is 9.48 Å². The van der Waals surface area contributed by atoms with E-state index in [4.69, 9.17) is 27.9 Å². The molecule has 0 spiro atoms. The number of hydrogen-bond acceptors (Lipinski definition) is 3. The molecule has 5 nitrogen and oxygen atoms in total. The van der Waals surface area contributed by atoms with Crippen LogP contribution in [0.1, 0.15) is 22.5 Å². The van der Waals surface area contributed by atoms with Crippen molar-refractivity contribution >= 4 is 34.8 Å². The van der Waals surface area contributed by atoms with Crippen LogP contribution >= 0.6 is 23.2 Å². The number of aryl methyl sites for hydroxylation is 1.